The highest BCUT2D eigenvalue weighted by Gasteiger charge is 2.18. The summed E-state index contributed by atoms with van der Waals surface area (Å²) in [5.74, 6) is -0.00259. The zero-order chi connectivity index (χ0) is 10.1. The van der Waals surface area contributed by atoms with Crippen LogP contribution in [0.4, 0.5) is 4.39 Å². The standard InChI is InChI=1S/C11H12FNO/c1-3-10-8-5-11(14-2)9(12)4-7(8)6-13-10/h3-5,13H,6H2,1-2H3. The van der Waals surface area contributed by atoms with Gasteiger partial charge in [0.05, 0.1) is 7.11 Å². The van der Waals surface area contributed by atoms with Gasteiger partial charge in [0, 0.05) is 17.8 Å². The van der Waals surface area contributed by atoms with Crippen LogP contribution in [0.5, 0.6) is 5.75 Å². The van der Waals surface area contributed by atoms with Gasteiger partial charge < -0.3 is 10.1 Å². The average molecular weight is 193 g/mol. The Bertz CT molecular complexity index is 399. The number of hydrogen-bond donors (Lipinski definition) is 1. The second-order valence-corrected chi connectivity index (χ2v) is 3.20. The largest absolute Gasteiger partial charge is 0.494 e. The van der Waals surface area contributed by atoms with Gasteiger partial charge in [0.25, 0.3) is 0 Å². The molecular weight excluding hydrogens is 181 g/mol. The summed E-state index contributed by atoms with van der Waals surface area (Å²) >= 11 is 0. The number of allylic oxidation sites excluding steroid dienone is 1. The van der Waals surface area contributed by atoms with E-state index in [-0.39, 0.29) is 5.82 Å². The fourth-order valence-electron chi connectivity index (χ4n) is 1.69. The first kappa shape index (κ1) is 9.06. The van der Waals surface area contributed by atoms with Crippen molar-refractivity contribution in [1.82, 2.24) is 5.32 Å². The molecule has 0 fully saturated rings. The van der Waals surface area contributed by atoms with Gasteiger partial charge in [-0.05, 0) is 24.6 Å². The molecule has 1 aromatic carbocycles. The Morgan fingerprint density at radius 3 is 2.93 bits per heavy atom. The SMILES string of the molecule is CC=C1NCc2cc(F)c(OC)cc21. The Morgan fingerprint density at radius 2 is 2.29 bits per heavy atom. The number of rotatable bonds is 1. The minimum absolute atomic E-state index is 0.298. The lowest BCUT2D eigenvalue weighted by atomic mass is 10.1. The minimum atomic E-state index is -0.301. The molecule has 74 valence electrons. The summed E-state index contributed by atoms with van der Waals surface area (Å²) in [6.45, 7) is 2.64. The molecule has 1 aromatic rings. The highest BCUT2D eigenvalue weighted by atomic mass is 19.1. The van der Waals surface area contributed by atoms with Crippen LogP contribution in [0.3, 0.4) is 0 Å². The molecule has 1 heterocycles. The molecular formula is C11H12FNO. The fourth-order valence-corrected chi connectivity index (χ4v) is 1.69. The van der Waals surface area contributed by atoms with Gasteiger partial charge in [-0.3, -0.25) is 0 Å². The molecule has 1 aliphatic heterocycles. The predicted octanol–water partition coefficient (Wildman–Crippen LogP) is 2.30. The first-order valence-corrected chi connectivity index (χ1v) is 4.53. The molecule has 0 atom stereocenters. The van der Waals surface area contributed by atoms with Crippen LogP contribution in [0.1, 0.15) is 18.1 Å². The van der Waals surface area contributed by atoms with Crippen LogP contribution in [0.25, 0.3) is 5.70 Å². The summed E-state index contributed by atoms with van der Waals surface area (Å²) in [7, 11) is 1.47. The Hall–Kier alpha value is -1.51. The highest BCUT2D eigenvalue weighted by Crippen LogP contribution is 2.30. The van der Waals surface area contributed by atoms with E-state index in [9.17, 15) is 4.39 Å². The second-order valence-electron chi connectivity index (χ2n) is 3.20. The lowest BCUT2D eigenvalue weighted by molar-refractivity contribution is 0.386. The van der Waals surface area contributed by atoms with Crippen molar-refractivity contribution in [1.29, 1.82) is 0 Å². The van der Waals surface area contributed by atoms with E-state index in [0.29, 0.717) is 12.3 Å². The van der Waals surface area contributed by atoms with Crippen LogP contribution >= 0.6 is 0 Å². The molecule has 0 spiro atoms. The molecule has 0 radical (unpaired) electrons. The van der Waals surface area contributed by atoms with Crippen molar-refractivity contribution in [3.05, 3.63) is 35.2 Å². The van der Waals surface area contributed by atoms with Crippen LogP contribution < -0.4 is 10.1 Å². The Morgan fingerprint density at radius 1 is 1.50 bits per heavy atom. The maximum atomic E-state index is 13.3. The number of fused-ring (bicyclic) bond motifs is 1. The molecule has 1 aliphatic rings. The summed E-state index contributed by atoms with van der Waals surface area (Å²) < 4.78 is 18.2. The van der Waals surface area contributed by atoms with Crippen molar-refractivity contribution in [2.24, 2.45) is 0 Å². The molecule has 0 aromatic heterocycles. The topological polar surface area (TPSA) is 21.3 Å². The van der Waals surface area contributed by atoms with Gasteiger partial charge in [0.15, 0.2) is 11.6 Å². The second kappa shape index (κ2) is 3.33. The first-order valence-electron chi connectivity index (χ1n) is 4.53. The van der Waals surface area contributed by atoms with Gasteiger partial charge in [-0.25, -0.2) is 4.39 Å². The van der Waals surface area contributed by atoms with Crippen molar-refractivity contribution in [3.63, 3.8) is 0 Å². The van der Waals surface area contributed by atoms with E-state index >= 15 is 0 Å². The lowest BCUT2D eigenvalue weighted by Crippen LogP contribution is -1.99. The van der Waals surface area contributed by atoms with E-state index in [1.54, 1.807) is 6.07 Å². The maximum Gasteiger partial charge on any atom is 0.165 e. The first-order chi connectivity index (χ1) is 6.76. The van der Waals surface area contributed by atoms with Crippen molar-refractivity contribution in [3.8, 4) is 5.75 Å². The summed E-state index contributed by atoms with van der Waals surface area (Å²) in [5, 5.41) is 3.19. The van der Waals surface area contributed by atoms with Crippen LogP contribution in [0, 0.1) is 5.82 Å². The quantitative estimate of drug-likeness (QED) is 0.738. The van der Waals surface area contributed by atoms with Gasteiger partial charge in [-0.1, -0.05) is 6.08 Å². The van der Waals surface area contributed by atoms with E-state index in [1.807, 2.05) is 13.0 Å². The third-order valence-corrected chi connectivity index (χ3v) is 2.43. The van der Waals surface area contributed by atoms with Gasteiger partial charge in [-0.2, -0.15) is 0 Å². The third kappa shape index (κ3) is 1.25. The number of ether oxygens (including phenoxy) is 1. The number of hydrogen-bond acceptors (Lipinski definition) is 2. The molecule has 3 heteroatoms. The molecule has 2 rings (SSSR count). The number of methoxy groups -OCH3 is 1. The molecule has 0 saturated carbocycles. The fraction of sp³-hybridized carbons (Fsp3) is 0.273. The van der Waals surface area contributed by atoms with Gasteiger partial charge in [0.1, 0.15) is 0 Å². The smallest absolute Gasteiger partial charge is 0.165 e. The van der Waals surface area contributed by atoms with Crippen LogP contribution in [0.2, 0.25) is 0 Å². The third-order valence-electron chi connectivity index (χ3n) is 2.43. The zero-order valence-corrected chi connectivity index (χ0v) is 8.23. The lowest BCUT2D eigenvalue weighted by Gasteiger charge is -2.05. The van der Waals surface area contributed by atoms with Gasteiger partial charge in [0.2, 0.25) is 0 Å². The summed E-state index contributed by atoms with van der Waals surface area (Å²) in [6, 6.07) is 3.26. The molecule has 1 N–H and O–H groups in total. The summed E-state index contributed by atoms with van der Waals surface area (Å²) in [5.41, 5.74) is 3.06. The molecule has 0 bridgehead atoms. The van der Waals surface area contributed by atoms with E-state index in [2.05, 4.69) is 5.32 Å². The monoisotopic (exact) mass is 193 g/mol. The van der Waals surface area contributed by atoms with E-state index in [4.69, 9.17) is 4.74 Å². The zero-order valence-electron chi connectivity index (χ0n) is 8.23. The minimum Gasteiger partial charge on any atom is -0.494 e. The van der Waals surface area contributed by atoms with E-state index in [0.717, 1.165) is 16.8 Å². The van der Waals surface area contributed by atoms with Crippen LogP contribution in [0.15, 0.2) is 18.2 Å². The van der Waals surface area contributed by atoms with Crippen molar-refractivity contribution < 1.29 is 9.13 Å². The molecule has 0 amide bonds. The average Bonchev–Trinajstić information content (AvgIpc) is 2.58. The molecule has 0 aliphatic carbocycles. The van der Waals surface area contributed by atoms with Crippen LogP contribution in [-0.2, 0) is 6.54 Å². The Labute approximate surface area is 82.4 Å². The molecule has 0 saturated heterocycles. The number of benzene rings is 1. The molecule has 0 unspecified atom stereocenters. The van der Waals surface area contributed by atoms with Crippen LogP contribution in [-0.4, -0.2) is 7.11 Å². The maximum absolute atomic E-state index is 13.3. The predicted molar refractivity (Wildman–Crippen MR) is 53.4 cm³/mol. The number of halogens is 1. The van der Waals surface area contributed by atoms with Crippen molar-refractivity contribution in [2.75, 3.05) is 7.11 Å². The summed E-state index contributed by atoms with van der Waals surface area (Å²) in [6.07, 6.45) is 1.98. The van der Waals surface area contributed by atoms with Gasteiger partial charge >= 0.3 is 0 Å². The number of nitrogens with one attached hydrogen (secondary N) is 1. The van der Waals surface area contributed by atoms with Crippen molar-refractivity contribution in [2.45, 2.75) is 13.5 Å². The van der Waals surface area contributed by atoms with Gasteiger partial charge in [-0.15, -0.1) is 0 Å². The summed E-state index contributed by atoms with van der Waals surface area (Å²) in [4.78, 5) is 0. The Balaban J connectivity index is 2.56. The van der Waals surface area contributed by atoms with Crippen molar-refractivity contribution >= 4 is 5.70 Å². The highest BCUT2D eigenvalue weighted by molar-refractivity contribution is 5.71. The van der Waals surface area contributed by atoms with E-state index < -0.39 is 0 Å². The normalized spacial score (nSPS) is 16.6. The molecule has 2 nitrogen and oxygen atoms in total. The Kier molecular flexibility index (Phi) is 2.15. The van der Waals surface area contributed by atoms with E-state index in [1.165, 1.54) is 13.2 Å². The molecule has 14 heavy (non-hydrogen) atoms.